The molecule has 1 aliphatic carbocycles. The summed E-state index contributed by atoms with van der Waals surface area (Å²) < 4.78 is 26.7. The van der Waals surface area contributed by atoms with Crippen LogP contribution in [0.1, 0.15) is 20.3 Å². The number of allylic oxidation sites excluding steroid dienone is 6. The van der Waals surface area contributed by atoms with Gasteiger partial charge in [-0.2, -0.15) is 4.99 Å². The van der Waals surface area contributed by atoms with Gasteiger partial charge in [-0.1, -0.05) is 6.08 Å². The van der Waals surface area contributed by atoms with E-state index in [9.17, 15) is 13.6 Å². The average molecular weight is 276 g/mol. The van der Waals surface area contributed by atoms with Crippen molar-refractivity contribution in [3.05, 3.63) is 47.7 Å². The highest BCUT2D eigenvalue weighted by Crippen LogP contribution is 2.35. The number of nitrogens with zero attached hydrogens (tertiary/aromatic N) is 2. The number of carbonyl (C=O) groups excluding carboxylic acids is 1. The van der Waals surface area contributed by atoms with E-state index in [-0.39, 0.29) is 18.2 Å². The Morgan fingerprint density at radius 2 is 2.10 bits per heavy atom. The first-order valence-electron chi connectivity index (χ1n) is 6.43. The van der Waals surface area contributed by atoms with E-state index in [1.807, 2.05) is 0 Å². The van der Waals surface area contributed by atoms with E-state index in [1.165, 1.54) is 6.08 Å². The lowest BCUT2D eigenvalue weighted by molar-refractivity contribution is -0.123. The molecule has 1 atom stereocenters. The third-order valence-electron chi connectivity index (χ3n) is 3.79. The monoisotopic (exact) mass is 276 g/mol. The van der Waals surface area contributed by atoms with Crippen LogP contribution in [-0.2, 0) is 4.79 Å². The highest BCUT2D eigenvalue weighted by molar-refractivity contribution is 6.11. The van der Waals surface area contributed by atoms with E-state index in [0.29, 0.717) is 5.84 Å². The molecule has 0 spiro atoms. The van der Waals surface area contributed by atoms with Crippen molar-refractivity contribution in [3.8, 4) is 0 Å². The van der Waals surface area contributed by atoms with Gasteiger partial charge in [-0.15, -0.1) is 0 Å². The minimum Gasteiger partial charge on any atom is -0.318 e. The molecule has 5 heteroatoms. The predicted octanol–water partition coefficient (Wildman–Crippen LogP) is 3.19. The highest BCUT2D eigenvalue weighted by Gasteiger charge is 2.42. The van der Waals surface area contributed by atoms with Crippen LogP contribution >= 0.6 is 0 Å². The molecular weight excluding hydrogens is 262 g/mol. The summed E-state index contributed by atoms with van der Waals surface area (Å²) in [5.41, 5.74) is 0.0153. The summed E-state index contributed by atoms with van der Waals surface area (Å²) in [5, 5.41) is 0. The molecule has 1 unspecified atom stereocenters. The number of fused-ring (bicyclic) bond motifs is 1. The minimum absolute atomic E-state index is 0.137. The molecule has 0 radical (unpaired) electrons. The molecule has 0 N–H and O–H groups in total. The van der Waals surface area contributed by atoms with E-state index in [2.05, 4.69) is 4.99 Å². The zero-order chi connectivity index (χ0) is 14.5. The maximum absolute atomic E-state index is 13.4. The van der Waals surface area contributed by atoms with Crippen molar-refractivity contribution < 1.29 is 13.6 Å². The Bertz CT molecular complexity index is 638. The summed E-state index contributed by atoms with van der Waals surface area (Å²) in [5.74, 6) is -1.04. The third-order valence-corrected chi connectivity index (χ3v) is 3.79. The molecule has 1 amide bonds. The molecule has 0 aromatic carbocycles. The molecule has 3 aliphatic rings. The molecule has 0 saturated heterocycles. The Labute approximate surface area is 115 Å². The lowest BCUT2D eigenvalue weighted by Crippen LogP contribution is -2.44. The van der Waals surface area contributed by atoms with Crippen LogP contribution in [0.25, 0.3) is 0 Å². The summed E-state index contributed by atoms with van der Waals surface area (Å²) in [6, 6.07) is 0. The first kappa shape index (κ1) is 13.0. The summed E-state index contributed by atoms with van der Waals surface area (Å²) in [7, 11) is 0. The number of amides is 1. The fourth-order valence-electron chi connectivity index (χ4n) is 2.54. The summed E-state index contributed by atoms with van der Waals surface area (Å²) in [6.45, 7) is 3.55. The molecule has 0 bridgehead atoms. The number of aliphatic imine (C=N–C) groups is 1. The molecule has 0 aromatic heterocycles. The third kappa shape index (κ3) is 1.94. The zero-order valence-corrected chi connectivity index (χ0v) is 11.2. The Hall–Kier alpha value is -2.04. The number of amidine groups is 1. The van der Waals surface area contributed by atoms with E-state index in [0.717, 1.165) is 11.6 Å². The fraction of sp³-hybridized carbons (Fsp3) is 0.333. The van der Waals surface area contributed by atoms with Gasteiger partial charge in [0.1, 0.15) is 23.0 Å². The van der Waals surface area contributed by atoms with E-state index in [4.69, 9.17) is 0 Å². The fourth-order valence-corrected chi connectivity index (χ4v) is 2.54. The predicted molar refractivity (Wildman–Crippen MR) is 72.1 cm³/mol. The van der Waals surface area contributed by atoms with Gasteiger partial charge in [0.25, 0.3) is 5.91 Å². The quantitative estimate of drug-likeness (QED) is 0.737. The maximum atomic E-state index is 13.4. The summed E-state index contributed by atoms with van der Waals surface area (Å²) in [6.07, 6.45) is 7.67. The minimum atomic E-state index is -0.753. The van der Waals surface area contributed by atoms with Crippen molar-refractivity contribution in [1.29, 1.82) is 0 Å². The van der Waals surface area contributed by atoms with Gasteiger partial charge in [-0.05, 0) is 31.6 Å². The lowest BCUT2D eigenvalue weighted by Gasteiger charge is -2.32. The number of hydrogen-bond acceptors (Lipinski definition) is 2. The van der Waals surface area contributed by atoms with Gasteiger partial charge in [-0.3, -0.25) is 4.79 Å². The molecule has 20 heavy (non-hydrogen) atoms. The van der Waals surface area contributed by atoms with Crippen LogP contribution in [-0.4, -0.2) is 22.2 Å². The van der Waals surface area contributed by atoms with Crippen molar-refractivity contribution >= 4 is 11.7 Å². The maximum Gasteiger partial charge on any atom is 0.273 e. The van der Waals surface area contributed by atoms with Gasteiger partial charge in [0, 0.05) is 24.6 Å². The van der Waals surface area contributed by atoms with Gasteiger partial charge in [0.2, 0.25) is 0 Å². The molecule has 0 fully saturated rings. The first-order chi connectivity index (χ1) is 9.38. The van der Waals surface area contributed by atoms with Gasteiger partial charge in [0.15, 0.2) is 0 Å². The standard InChI is InChI=1S/C15H14F2N2O/c1-15(2)14(20)18-13-4-3-9(8-19(13)15)10-5-11(16)7-12(17)6-10/h3-5,7-8,10H,6H2,1-2H3. The zero-order valence-electron chi connectivity index (χ0n) is 11.2. The van der Waals surface area contributed by atoms with Crippen LogP contribution in [0.15, 0.2) is 52.7 Å². The van der Waals surface area contributed by atoms with Crippen molar-refractivity contribution in [2.24, 2.45) is 10.9 Å². The topological polar surface area (TPSA) is 32.7 Å². The van der Waals surface area contributed by atoms with Gasteiger partial charge in [0.05, 0.1) is 0 Å². The van der Waals surface area contributed by atoms with E-state index in [1.54, 1.807) is 37.1 Å². The van der Waals surface area contributed by atoms with Crippen LogP contribution < -0.4 is 0 Å². The first-order valence-corrected chi connectivity index (χ1v) is 6.43. The van der Waals surface area contributed by atoms with E-state index >= 15 is 0 Å². The van der Waals surface area contributed by atoms with Crippen molar-refractivity contribution in [3.63, 3.8) is 0 Å². The lowest BCUT2D eigenvalue weighted by atomic mass is 9.89. The molecule has 0 aromatic rings. The van der Waals surface area contributed by atoms with Gasteiger partial charge < -0.3 is 4.90 Å². The largest absolute Gasteiger partial charge is 0.318 e. The Kier molecular flexibility index (Phi) is 2.74. The summed E-state index contributed by atoms with van der Waals surface area (Å²) in [4.78, 5) is 17.5. The average Bonchev–Trinajstić information content (AvgIpc) is 2.59. The molecule has 104 valence electrons. The number of carbonyl (C=O) groups is 1. The Morgan fingerprint density at radius 3 is 2.80 bits per heavy atom. The van der Waals surface area contributed by atoms with Crippen molar-refractivity contribution in [2.75, 3.05) is 0 Å². The number of rotatable bonds is 1. The normalized spacial score (nSPS) is 27.7. The summed E-state index contributed by atoms with van der Waals surface area (Å²) >= 11 is 0. The van der Waals surface area contributed by atoms with Crippen molar-refractivity contribution in [1.82, 2.24) is 4.90 Å². The molecule has 2 aliphatic heterocycles. The second kappa shape index (κ2) is 4.23. The highest BCUT2D eigenvalue weighted by atomic mass is 19.1. The second-order valence-corrected chi connectivity index (χ2v) is 5.62. The molecule has 0 saturated carbocycles. The van der Waals surface area contributed by atoms with Crippen molar-refractivity contribution in [2.45, 2.75) is 25.8 Å². The van der Waals surface area contributed by atoms with Gasteiger partial charge >= 0.3 is 0 Å². The van der Waals surface area contributed by atoms with Crippen LogP contribution in [0.3, 0.4) is 0 Å². The number of halogens is 2. The Morgan fingerprint density at radius 1 is 1.35 bits per heavy atom. The molecular formula is C15H14F2N2O. The van der Waals surface area contributed by atoms with Gasteiger partial charge in [-0.25, -0.2) is 8.78 Å². The Balaban J connectivity index is 1.93. The molecule has 3 rings (SSSR count). The smallest absolute Gasteiger partial charge is 0.273 e. The van der Waals surface area contributed by atoms with Crippen LogP contribution in [0.4, 0.5) is 8.78 Å². The molecule has 2 heterocycles. The van der Waals surface area contributed by atoms with Crippen LogP contribution in [0.2, 0.25) is 0 Å². The number of hydrogen-bond donors (Lipinski definition) is 0. The van der Waals surface area contributed by atoms with Crippen LogP contribution in [0.5, 0.6) is 0 Å². The van der Waals surface area contributed by atoms with E-state index < -0.39 is 17.2 Å². The SMILES string of the molecule is CC1(C)C(=O)N=C2C=CC(C3C=C(F)C=C(F)C3)=CN21. The second-order valence-electron chi connectivity index (χ2n) is 5.62. The molecule has 3 nitrogen and oxygen atoms in total. The van der Waals surface area contributed by atoms with Crippen LogP contribution in [0, 0.1) is 5.92 Å².